The third-order valence-electron chi connectivity index (χ3n) is 23.5. The van der Waals surface area contributed by atoms with Gasteiger partial charge in [0.2, 0.25) is 70.9 Å². The van der Waals surface area contributed by atoms with Gasteiger partial charge in [-0.05, 0) is 194 Å². The van der Waals surface area contributed by atoms with E-state index in [4.69, 9.17) is 84.7 Å². The van der Waals surface area contributed by atoms with Crippen molar-refractivity contribution >= 4 is 129 Å². The van der Waals surface area contributed by atoms with Crippen LogP contribution in [0.4, 0.5) is 0 Å². The van der Waals surface area contributed by atoms with Gasteiger partial charge in [0, 0.05) is 212 Å². The fourth-order valence-electron chi connectivity index (χ4n) is 16.5. The molecular weight excluding hydrogens is 1940 g/mol. The van der Waals surface area contributed by atoms with Gasteiger partial charge in [-0.1, -0.05) is 31.2 Å². The predicted molar refractivity (Wildman–Crippen MR) is 567 cm³/mol. The molecule has 3 aromatic carbocycles. The highest BCUT2D eigenvalue weighted by atomic mass is 16.4. The van der Waals surface area contributed by atoms with Gasteiger partial charge in [0.1, 0.15) is 17.1 Å². The predicted octanol–water partition coefficient (Wildman–Crippen LogP) is -4.92. The number of phenolic OH excluding ortho intramolecular Hbond substituents is 1. The number of quaternary nitrogens is 2. The van der Waals surface area contributed by atoms with Gasteiger partial charge >= 0.3 is 5.97 Å². The zero-order valence-electron chi connectivity index (χ0n) is 85.8. The molecule has 52 nitrogen and oxygen atoms in total. The molecule has 0 saturated heterocycles. The highest BCUT2D eigenvalue weighted by molar-refractivity contribution is 6.09. The zero-order chi connectivity index (χ0) is 111. The number of amides is 13. The minimum atomic E-state index is -1.31. The second-order valence-electron chi connectivity index (χ2n) is 36.6. The number of hydrogen-bond acceptors (Lipinski definition) is 24. The second kappa shape index (κ2) is 70.0. The maximum absolute atomic E-state index is 14.2. The minimum absolute atomic E-state index is 0.00996. The number of phenols is 1. The number of aliphatic imine (C=N–C) groups is 6. The molecule has 150 heavy (non-hydrogen) atoms. The van der Waals surface area contributed by atoms with Crippen LogP contribution in [0.25, 0.3) is 33.4 Å². The van der Waals surface area contributed by atoms with Crippen LogP contribution in [0, 0.1) is 0 Å². The number of fused-ring (bicyclic) bond motifs is 2. The monoisotopic (exact) mass is 2100 g/mol. The Hall–Kier alpha value is -15.9. The Bertz CT molecular complexity index is 5400. The molecule has 47 N–H and O–H groups in total. The van der Waals surface area contributed by atoms with Gasteiger partial charge in [0.05, 0.1) is 18.7 Å². The largest absolute Gasteiger partial charge is 0.872 e. The molecule has 828 valence electrons. The zero-order valence-corrected chi connectivity index (χ0v) is 85.8. The molecule has 10 atom stereocenters. The molecule has 1 aliphatic carbocycles. The maximum Gasteiger partial charge on any atom is 0.336 e. The van der Waals surface area contributed by atoms with Gasteiger partial charge in [0.25, 0.3) is 5.91 Å². The van der Waals surface area contributed by atoms with Crippen molar-refractivity contribution in [1.29, 1.82) is 0 Å². The van der Waals surface area contributed by atoms with Gasteiger partial charge in [-0.3, -0.25) is 97.1 Å². The topological polar surface area (TPSA) is 959 Å². The van der Waals surface area contributed by atoms with E-state index in [-0.39, 0.29) is 253 Å². The lowest BCUT2D eigenvalue weighted by Gasteiger charge is -2.25. The lowest BCUT2D eigenvalue weighted by atomic mass is 9.89. The average Bonchev–Trinajstić information content (AvgIpc) is 0.744. The number of carbonyl (C=O) groups excluding carboxylic acids is 13. The van der Waals surface area contributed by atoms with Crippen molar-refractivity contribution < 1.29 is 98.3 Å². The fraction of sp³-hybridized carbons (Fsp3) is 0.541. The summed E-state index contributed by atoms with van der Waals surface area (Å²) in [6, 6.07) is 11.8. The molecule has 0 bridgehead atoms. The molecule has 0 saturated carbocycles. The maximum atomic E-state index is 14.2. The van der Waals surface area contributed by atoms with Crippen molar-refractivity contribution in [3.8, 4) is 33.9 Å². The SMILES string of the molecule is CC(=O)N[C@@H](CCCN=C(N)N)CC(=O)N[C@@H](CCCN=C(N)N)CC(=O)N[C@@H](CCC(N)=O)CC(=O)N[C@@H](CCCN=C(N)N)CC(=O)N[C@@H](CCCN=C(N)N)CC(=O)N[C@@H](CCCN=C(N)N)CC(N)=O.CC[C@H](CCCC[NH3+])NC(=O)C[C@H](CCCC[NH3+])NC(=O)C[C@H](CCCN=C(N)N)NC(=O)CCNC(=O)C[C@H](Cc1ccc(O)cc1)NC(=O)c1ccc(C(=O)O)c(-c2c3ccc(=O)cc-3oc3cc([O-])ccc23)c1. The first-order chi connectivity index (χ1) is 71.3. The summed E-state index contributed by atoms with van der Waals surface area (Å²) in [5, 5.41) is 64.5. The van der Waals surface area contributed by atoms with Crippen LogP contribution in [0.1, 0.15) is 239 Å². The van der Waals surface area contributed by atoms with Crippen LogP contribution in [0.5, 0.6) is 11.5 Å². The minimum Gasteiger partial charge on any atom is -0.872 e. The Labute approximate surface area is 870 Å². The number of nitrogens with two attached hydrogens (primary N) is 14. The van der Waals surface area contributed by atoms with Gasteiger partial charge in [-0.15, -0.1) is 5.75 Å². The number of nitrogens with one attached hydrogen (secondary N) is 11. The fourth-order valence-corrected chi connectivity index (χ4v) is 16.5. The number of guanidine groups is 6. The first-order valence-electron chi connectivity index (χ1n) is 50.3. The lowest BCUT2D eigenvalue weighted by molar-refractivity contribution is -0.369. The molecule has 1 aliphatic heterocycles. The molecule has 1 heterocycles. The summed E-state index contributed by atoms with van der Waals surface area (Å²) in [5.41, 5.74) is 85.3. The van der Waals surface area contributed by atoms with Crippen LogP contribution in [-0.4, -0.2) is 248 Å². The van der Waals surface area contributed by atoms with Crippen LogP contribution in [0.3, 0.4) is 0 Å². The van der Waals surface area contributed by atoms with Crippen LogP contribution in [0.15, 0.2) is 118 Å². The van der Waals surface area contributed by atoms with Gasteiger partial charge in [-0.25, -0.2) is 4.79 Å². The van der Waals surface area contributed by atoms with E-state index in [0.717, 1.165) is 51.6 Å². The standard InChI is InChI=1S/C55H72N10O11.C43H85N23O8/c1-2-35(8-3-5-22-56)62-50(71)28-36(9-4-6-23-57)64-51(72)29-37(10-7-24-61-55(58)59)63-48(69)21-25-60-49(70)30-38(26-33-11-14-39(66)15-12-33)65-53(73)34-13-18-42(54(74)75)45(27-34)52-43-19-16-40(67)31-46(43)76-47-32-41(68)17-20-44(47)52;1-25(67)61-27(8-3-15-57-40(48)49)20-34(70)63-30(11-6-18-60-43(54)55)23-37(73)66-31(12-13-32(44)68)24-38(74)65-29(10-5-17-59-42(52)53)22-36(72)64-28(9-4-16-58-41(50)51)21-35(71)62-26(19-33(45)69)7-2-14-56-39(46)47/h11-20,27,31-32,35-38,66-67H,2-10,21-26,28-30,56-57H2,1H3,(H,60,70)(H,62,71)(H,63,69)(H,64,72)(H,65,73)(H,74,75)(H4,58,59,61);26-31H,2-24H2,1H3,(H2,44,68)(H2,45,69)(H,61,67)(H,62,71)(H,63,70)(H,64,72)(H,65,74)(H,66,73)(H4,46,47,56)(H4,48,49,57)(H4,50,51,58)(H4,52,53,59)(H4,54,55,60)/p+1/t35-,36+,37+,38+;26-,27-,28-,29-,30-,31-/m10/s1. The van der Waals surface area contributed by atoms with Crippen LogP contribution in [0.2, 0.25) is 0 Å². The normalized spacial score (nSPS) is 12.9. The van der Waals surface area contributed by atoms with E-state index in [2.05, 4.69) is 99.9 Å². The second-order valence-corrected chi connectivity index (χ2v) is 36.6. The number of aromatic carboxylic acids is 1. The Morgan fingerprint density at radius 2 is 0.740 bits per heavy atom. The van der Waals surface area contributed by atoms with E-state index in [1.807, 2.05) is 6.92 Å². The Morgan fingerprint density at radius 3 is 1.11 bits per heavy atom. The molecule has 0 unspecified atom stereocenters. The quantitative estimate of drug-likeness (QED) is 0.00751. The molecule has 0 spiro atoms. The van der Waals surface area contributed by atoms with E-state index in [0.29, 0.717) is 86.3 Å². The van der Waals surface area contributed by atoms with Crippen molar-refractivity contribution in [2.45, 2.75) is 280 Å². The van der Waals surface area contributed by atoms with E-state index in [1.165, 1.54) is 73.7 Å². The van der Waals surface area contributed by atoms with Crippen LogP contribution >= 0.6 is 0 Å². The van der Waals surface area contributed by atoms with Crippen LogP contribution in [-0.2, 0) is 64.0 Å². The highest BCUT2D eigenvalue weighted by Gasteiger charge is 2.31. The van der Waals surface area contributed by atoms with E-state index >= 15 is 0 Å². The summed E-state index contributed by atoms with van der Waals surface area (Å²) in [5.74, 6) is -8.78. The lowest BCUT2D eigenvalue weighted by Crippen LogP contribution is -2.50. The number of hydrogen-bond donors (Lipinski definition) is 29. The molecule has 52 heteroatoms. The van der Waals surface area contributed by atoms with Crippen molar-refractivity contribution in [3.63, 3.8) is 0 Å². The third kappa shape index (κ3) is 55.6. The molecule has 5 rings (SSSR count). The summed E-state index contributed by atoms with van der Waals surface area (Å²) in [6.45, 7) is 6.14. The molecule has 0 aromatic heterocycles. The Morgan fingerprint density at radius 1 is 0.373 bits per heavy atom. The number of carboxylic acids is 1. The summed E-state index contributed by atoms with van der Waals surface area (Å²) < 4.78 is 5.91. The molecule has 13 amide bonds. The summed E-state index contributed by atoms with van der Waals surface area (Å²) in [6.07, 6.45) is 8.01. The summed E-state index contributed by atoms with van der Waals surface area (Å²) in [4.78, 5) is 220. The van der Waals surface area contributed by atoms with E-state index in [1.54, 1.807) is 12.1 Å². The van der Waals surface area contributed by atoms with Crippen molar-refractivity contribution in [3.05, 3.63) is 106 Å². The first-order valence-corrected chi connectivity index (χ1v) is 50.3. The van der Waals surface area contributed by atoms with E-state index in [9.17, 15) is 87.2 Å². The van der Waals surface area contributed by atoms with Crippen molar-refractivity contribution in [2.75, 3.05) is 58.9 Å². The highest BCUT2D eigenvalue weighted by Crippen LogP contribution is 2.42. The number of benzene rings is 4. The number of rotatable bonds is 72. The smallest absolute Gasteiger partial charge is 0.336 e. The first kappa shape index (κ1) is 126. The van der Waals surface area contributed by atoms with Crippen molar-refractivity contribution in [1.82, 2.24) is 58.5 Å². The number of carbonyl (C=O) groups is 14. The molecule has 3 aromatic rings. The van der Waals surface area contributed by atoms with Gasteiger partial charge in [-0.2, -0.15) is 0 Å². The molecule has 2 aliphatic rings. The van der Waals surface area contributed by atoms with Crippen LogP contribution < -0.4 is 161 Å². The third-order valence-corrected chi connectivity index (χ3v) is 23.5. The Balaban J connectivity index is 0.000000625. The van der Waals surface area contributed by atoms with Gasteiger partial charge < -0.3 is 170 Å². The molecule has 0 fully saturated rings. The molecule has 0 radical (unpaired) electrons. The number of unbranched alkanes of at least 4 members (excludes halogenated alkanes) is 2. The number of aromatic hydroxyl groups is 1. The molecular formula is C98H158N33O19+. The number of nitrogens with zero attached hydrogens (tertiary/aromatic N) is 6. The summed E-state index contributed by atoms with van der Waals surface area (Å²) >= 11 is 0. The van der Waals surface area contributed by atoms with Gasteiger partial charge in [0.15, 0.2) is 41.2 Å². The average molecular weight is 2100 g/mol. The Kier molecular flexibility index (Phi) is 59.0. The van der Waals surface area contributed by atoms with Crippen molar-refractivity contribution in [2.24, 2.45) is 110 Å². The number of primary amides is 2. The van der Waals surface area contributed by atoms with E-state index < -0.39 is 119 Å². The number of carboxylic acid groups (broad SMARTS) is 1. The summed E-state index contributed by atoms with van der Waals surface area (Å²) in [7, 11) is 0.